The Morgan fingerprint density at radius 1 is 0.0862 bits per heavy atom. The molecule has 0 unspecified atom stereocenters. The molecule has 0 aromatic heterocycles. The molecule has 0 heteroatoms. The van der Waals surface area contributed by atoms with E-state index in [-0.39, 0.29) is 0 Å². The van der Waals surface area contributed by atoms with Crippen LogP contribution in [0.15, 0.2) is 0 Å². The van der Waals surface area contributed by atoms with Crippen LogP contribution in [0.25, 0.3) is 0 Å². The third-order valence-electron chi connectivity index (χ3n) is 13.4. The van der Waals surface area contributed by atoms with Gasteiger partial charge in [0.05, 0.1) is 0 Å². The summed E-state index contributed by atoms with van der Waals surface area (Å²) in [6.45, 7) is 9.22. The molecule has 0 aromatic rings. The highest BCUT2D eigenvalue weighted by Gasteiger charge is 1.98. The first-order chi connectivity index (χ1) is 28.8. The van der Waals surface area contributed by atoms with Gasteiger partial charge in [-0.05, 0) is 0 Å². The van der Waals surface area contributed by atoms with Crippen LogP contribution in [0.4, 0.5) is 0 Å². The van der Waals surface area contributed by atoms with Crippen molar-refractivity contribution in [3.05, 3.63) is 0 Å². The van der Waals surface area contributed by atoms with Crippen LogP contribution in [0, 0.1) is 0 Å². The van der Waals surface area contributed by atoms with E-state index >= 15 is 0 Å². The van der Waals surface area contributed by atoms with Crippen molar-refractivity contribution in [1.29, 1.82) is 0 Å². The summed E-state index contributed by atoms with van der Waals surface area (Å²) in [4.78, 5) is 0. The average Bonchev–Trinajstić information content (AvgIpc) is 3.24. The van der Waals surface area contributed by atoms with Gasteiger partial charge in [0.25, 0.3) is 0 Å². The fourth-order valence-electron chi connectivity index (χ4n) is 9.13. The monoisotopic (exact) mass is 817 g/mol. The minimum atomic E-state index is 1.37. The van der Waals surface area contributed by atoms with E-state index in [1.807, 2.05) is 0 Å². The number of rotatable bonds is 52. The van der Waals surface area contributed by atoms with Crippen molar-refractivity contribution in [2.75, 3.05) is 0 Å². The Bertz CT molecular complexity index is 516. The van der Waals surface area contributed by atoms with Crippen LogP contribution in [0.3, 0.4) is 0 Å². The zero-order valence-corrected chi connectivity index (χ0v) is 42.2. The minimum absolute atomic E-state index is 1.37. The van der Waals surface area contributed by atoms with Crippen molar-refractivity contribution in [2.45, 2.75) is 374 Å². The third-order valence-corrected chi connectivity index (χ3v) is 13.4. The maximum atomic E-state index is 2.30. The van der Waals surface area contributed by atoms with Gasteiger partial charge in [0.15, 0.2) is 0 Å². The maximum Gasteiger partial charge on any atom is -0.0533 e. The number of hydrogen-bond acceptors (Lipinski definition) is 0. The lowest BCUT2D eigenvalue weighted by Gasteiger charge is -2.04. The van der Waals surface area contributed by atoms with Gasteiger partial charge in [-0.2, -0.15) is 0 Å². The van der Waals surface area contributed by atoms with Gasteiger partial charge in [-0.3, -0.25) is 0 Å². The predicted molar refractivity (Wildman–Crippen MR) is 272 cm³/mol. The van der Waals surface area contributed by atoms with Gasteiger partial charge < -0.3 is 0 Å². The molecule has 0 spiro atoms. The number of unbranched alkanes of at least 4 members (excludes halogenated alkanes) is 52. The molecule has 58 heavy (non-hydrogen) atoms. The summed E-state index contributed by atoms with van der Waals surface area (Å²) < 4.78 is 0. The van der Waals surface area contributed by atoms with Crippen molar-refractivity contribution in [3.8, 4) is 0 Å². The molecule has 0 aliphatic carbocycles. The summed E-state index contributed by atoms with van der Waals surface area (Å²) in [6.07, 6.45) is 79.8. The van der Waals surface area contributed by atoms with E-state index in [9.17, 15) is 0 Å². The Kier molecular flexibility index (Phi) is 63.5. The second-order valence-electron chi connectivity index (χ2n) is 19.7. The predicted octanol–water partition coefficient (Wildman–Crippen LogP) is 23.1. The summed E-state index contributed by atoms with van der Waals surface area (Å²) in [5.41, 5.74) is 0. The first kappa shape index (κ1) is 60.1. The second-order valence-corrected chi connectivity index (χ2v) is 19.7. The molecule has 0 bridgehead atoms. The Balaban J connectivity index is 0. The molecular weight excluding hydrogens is 697 g/mol. The van der Waals surface area contributed by atoms with Crippen molar-refractivity contribution in [3.63, 3.8) is 0 Å². The quantitative estimate of drug-likeness (QED) is 0.0537. The lowest BCUT2D eigenvalue weighted by atomic mass is 10.0. The molecule has 0 atom stereocenters. The molecule has 0 aliphatic heterocycles. The largest absolute Gasteiger partial charge is 0.0654 e. The van der Waals surface area contributed by atoms with Gasteiger partial charge in [0.2, 0.25) is 0 Å². The molecule has 0 aromatic carbocycles. The van der Waals surface area contributed by atoms with Gasteiger partial charge >= 0.3 is 0 Å². The Morgan fingerprint density at radius 2 is 0.138 bits per heavy atom. The summed E-state index contributed by atoms with van der Waals surface area (Å²) in [6, 6.07) is 0. The van der Waals surface area contributed by atoms with Crippen LogP contribution >= 0.6 is 0 Å². The molecule has 0 saturated heterocycles. The molecule has 0 amide bonds. The molecule has 352 valence electrons. The Labute approximate surface area is 373 Å². The standard InChI is InChI=1S/2C29H60/c2*1-3-5-7-9-11-13-15-17-19-21-23-25-27-29-28-26-24-22-20-18-16-14-12-10-8-6-4-2/h2*3-29H2,1-2H3. The molecule has 0 N–H and O–H groups in total. The fourth-order valence-corrected chi connectivity index (χ4v) is 9.13. The van der Waals surface area contributed by atoms with Crippen LogP contribution in [0.2, 0.25) is 0 Å². The molecule has 0 radical (unpaired) electrons. The van der Waals surface area contributed by atoms with Crippen LogP contribution in [-0.2, 0) is 0 Å². The lowest BCUT2D eigenvalue weighted by molar-refractivity contribution is 0.515. The summed E-state index contributed by atoms with van der Waals surface area (Å²) in [7, 11) is 0. The van der Waals surface area contributed by atoms with Crippen LogP contribution < -0.4 is 0 Å². The van der Waals surface area contributed by atoms with Crippen molar-refractivity contribution < 1.29 is 0 Å². The molecule has 0 rings (SSSR count). The van der Waals surface area contributed by atoms with E-state index in [1.165, 1.54) is 347 Å². The normalized spacial score (nSPS) is 11.4. The van der Waals surface area contributed by atoms with Gasteiger partial charge in [0.1, 0.15) is 0 Å². The molecule has 0 heterocycles. The second kappa shape index (κ2) is 61.3. The SMILES string of the molecule is CCCCCCCCCCCCCCCCCCCCCCCCCCCCC.CCCCCCCCCCCCCCCCCCCCCCCCCCCCC. The van der Waals surface area contributed by atoms with E-state index in [1.54, 1.807) is 0 Å². The van der Waals surface area contributed by atoms with Crippen LogP contribution in [-0.4, -0.2) is 0 Å². The lowest BCUT2D eigenvalue weighted by Crippen LogP contribution is -1.84. The summed E-state index contributed by atoms with van der Waals surface area (Å²) >= 11 is 0. The first-order valence-corrected chi connectivity index (χ1v) is 28.8. The zero-order valence-electron chi connectivity index (χ0n) is 42.2. The van der Waals surface area contributed by atoms with Crippen molar-refractivity contribution in [2.24, 2.45) is 0 Å². The van der Waals surface area contributed by atoms with E-state index in [0.29, 0.717) is 0 Å². The molecule has 0 aliphatic rings. The fraction of sp³-hybridized carbons (Fsp3) is 1.00. The highest BCUT2D eigenvalue weighted by Crippen LogP contribution is 2.18. The summed E-state index contributed by atoms with van der Waals surface area (Å²) in [5.74, 6) is 0. The molecule has 0 fully saturated rings. The van der Waals surface area contributed by atoms with Crippen LogP contribution in [0.5, 0.6) is 0 Å². The highest BCUT2D eigenvalue weighted by molar-refractivity contribution is 4.54. The highest BCUT2D eigenvalue weighted by atomic mass is 14.0. The van der Waals surface area contributed by atoms with E-state index in [2.05, 4.69) is 27.7 Å². The smallest absolute Gasteiger partial charge is 0.0533 e. The third kappa shape index (κ3) is 62.6. The topological polar surface area (TPSA) is 0 Å². The van der Waals surface area contributed by atoms with Gasteiger partial charge in [-0.25, -0.2) is 0 Å². The Hall–Kier alpha value is 0. The molecule has 0 nitrogen and oxygen atoms in total. The summed E-state index contributed by atoms with van der Waals surface area (Å²) in [5, 5.41) is 0. The van der Waals surface area contributed by atoms with Gasteiger partial charge in [-0.1, -0.05) is 374 Å². The minimum Gasteiger partial charge on any atom is -0.0654 e. The Morgan fingerprint density at radius 3 is 0.190 bits per heavy atom. The number of hydrogen-bond donors (Lipinski definition) is 0. The van der Waals surface area contributed by atoms with Gasteiger partial charge in [-0.15, -0.1) is 0 Å². The van der Waals surface area contributed by atoms with E-state index in [4.69, 9.17) is 0 Å². The zero-order chi connectivity index (χ0) is 42.2. The molecular formula is C58H120. The van der Waals surface area contributed by atoms with Gasteiger partial charge in [0, 0.05) is 0 Å². The van der Waals surface area contributed by atoms with E-state index < -0.39 is 0 Å². The van der Waals surface area contributed by atoms with E-state index in [0.717, 1.165) is 0 Å². The molecule has 0 saturated carbocycles. The average molecular weight is 818 g/mol. The maximum absolute atomic E-state index is 2.30. The van der Waals surface area contributed by atoms with Crippen molar-refractivity contribution >= 4 is 0 Å². The van der Waals surface area contributed by atoms with Crippen LogP contribution in [0.1, 0.15) is 374 Å². The van der Waals surface area contributed by atoms with Crippen molar-refractivity contribution in [1.82, 2.24) is 0 Å². The first-order valence-electron chi connectivity index (χ1n) is 28.8.